The maximum atomic E-state index is 11.9. The smallest absolute Gasteiger partial charge is 0.390 e. The molecule has 0 aromatic rings. The first-order valence-electron chi connectivity index (χ1n) is 5.69. The van der Waals surface area contributed by atoms with Crippen molar-refractivity contribution in [3.05, 3.63) is 0 Å². The molecule has 0 bridgehead atoms. The van der Waals surface area contributed by atoms with Crippen molar-refractivity contribution in [2.75, 3.05) is 13.1 Å². The van der Waals surface area contributed by atoms with E-state index in [-0.39, 0.29) is 13.0 Å². The molecule has 2 N–H and O–H groups in total. The Kier molecular flexibility index (Phi) is 5.16. The third-order valence-electron chi connectivity index (χ3n) is 2.74. The highest BCUT2D eigenvalue weighted by Gasteiger charge is 2.37. The molecular weight excluding hydrogens is 289 g/mol. The Morgan fingerprint density at radius 3 is 2.53 bits per heavy atom. The number of nitrogens with one attached hydrogen (secondary N) is 1. The molecule has 0 spiro atoms. The maximum Gasteiger partial charge on any atom is 0.390 e. The molecule has 1 rings (SSSR count). The van der Waals surface area contributed by atoms with Crippen molar-refractivity contribution in [2.45, 2.75) is 37.9 Å². The van der Waals surface area contributed by atoms with Gasteiger partial charge in [0.15, 0.2) is 0 Å². The van der Waals surface area contributed by atoms with Crippen LogP contribution in [0.3, 0.4) is 0 Å². The number of aliphatic carboxylic acids is 1. The molecule has 1 saturated heterocycles. The zero-order valence-corrected chi connectivity index (χ0v) is 10.8. The summed E-state index contributed by atoms with van der Waals surface area (Å²) in [7, 11) is -4.20. The van der Waals surface area contributed by atoms with E-state index in [0.717, 1.165) is 4.31 Å². The third-order valence-corrected chi connectivity index (χ3v) is 4.36. The van der Waals surface area contributed by atoms with Gasteiger partial charge in [-0.3, -0.25) is 4.79 Å². The van der Waals surface area contributed by atoms with Gasteiger partial charge in [0.1, 0.15) is 6.04 Å². The standard InChI is InChI=1S/C9H15F3N2O4S/c10-9(11,12)4-5-13-19(17,18)14-6-2-1-3-7(14)8(15)16/h7,13H,1-6H2,(H,15,16). The van der Waals surface area contributed by atoms with Gasteiger partial charge in [-0.05, 0) is 19.3 Å². The molecule has 1 aliphatic heterocycles. The van der Waals surface area contributed by atoms with Gasteiger partial charge in [0.25, 0.3) is 10.2 Å². The lowest BCUT2D eigenvalue weighted by Gasteiger charge is -2.31. The number of carbonyl (C=O) groups is 1. The van der Waals surface area contributed by atoms with E-state index in [1.54, 1.807) is 4.72 Å². The minimum Gasteiger partial charge on any atom is -0.480 e. The van der Waals surface area contributed by atoms with E-state index in [4.69, 9.17) is 5.11 Å². The Morgan fingerprint density at radius 1 is 1.37 bits per heavy atom. The second-order valence-electron chi connectivity index (χ2n) is 4.23. The van der Waals surface area contributed by atoms with E-state index in [0.29, 0.717) is 12.8 Å². The zero-order chi connectivity index (χ0) is 14.7. The number of carboxylic acids is 1. The monoisotopic (exact) mass is 304 g/mol. The lowest BCUT2D eigenvalue weighted by Crippen LogP contribution is -2.52. The fourth-order valence-corrected chi connectivity index (χ4v) is 3.27. The fourth-order valence-electron chi connectivity index (χ4n) is 1.84. The van der Waals surface area contributed by atoms with Crippen LogP contribution in [-0.2, 0) is 15.0 Å². The topological polar surface area (TPSA) is 86.7 Å². The van der Waals surface area contributed by atoms with Gasteiger partial charge >= 0.3 is 12.1 Å². The van der Waals surface area contributed by atoms with Gasteiger partial charge in [-0.2, -0.15) is 25.9 Å². The van der Waals surface area contributed by atoms with Crippen molar-refractivity contribution < 1.29 is 31.5 Å². The van der Waals surface area contributed by atoms with E-state index in [1.807, 2.05) is 0 Å². The molecule has 0 amide bonds. The summed E-state index contributed by atoms with van der Waals surface area (Å²) in [6.07, 6.45) is -4.53. The lowest BCUT2D eigenvalue weighted by molar-refractivity contribution is -0.142. The summed E-state index contributed by atoms with van der Waals surface area (Å²) in [5.74, 6) is -1.29. The molecule has 1 aliphatic rings. The van der Waals surface area contributed by atoms with Crippen molar-refractivity contribution in [2.24, 2.45) is 0 Å². The largest absolute Gasteiger partial charge is 0.480 e. The van der Waals surface area contributed by atoms with Crippen LogP contribution >= 0.6 is 0 Å². The van der Waals surface area contributed by atoms with Crippen LogP contribution in [0.4, 0.5) is 13.2 Å². The number of rotatable bonds is 5. The summed E-state index contributed by atoms with van der Waals surface area (Å²) in [6.45, 7) is -0.799. The van der Waals surface area contributed by atoms with E-state index >= 15 is 0 Å². The highest BCUT2D eigenvalue weighted by atomic mass is 32.2. The summed E-state index contributed by atoms with van der Waals surface area (Å²) in [4.78, 5) is 10.9. The Labute approximate surface area is 108 Å². The second kappa shape index (κ2) is 6.06. The summed E-state index contributed by atoms with van der Waals surface area (Å²) >= 11 is 0. The highest BCUT2D eigenvalue weighted by Crippen LogP contribution is 2.21. The minimum atomic E-state index is -4.46. The highest BCUT2D eigenvalue weighted by molar-refractivity contribution is 7.87. The van der Waals surface area contributed by atoms with Gasteiger partial charge in [-0.1, -0.05) is 0 Å². The van der Waals surface area contributed by atoms with Crippen LogP contribution in [0.1, 0.15) is 25.7 Å². The number of carboxylic acid groups (broad SMARTS) is 1. The van der Waals surface area contributed by atoms with Crippen LogP contribution in [-0.4, -0.2) is 49.1 Å². The molecule has 6 nitrogen and oxygen atoms in total. The van der Waals surface area contributed by atoms with Crippen molar-refractivity contribution in [3.63, 3.8) is 0 Å². The quantitative estimate of drug-likeness (QED) is 0.783. The van der Waals surface area contributed by atoms with Gasteiger partial charge in [0.2, 0.25) is 0 Å². The van der Waals surface area contributed by atoms with E-state index in [1.165, 1.54) is 0 Å². The van der Waals surface area contributed by atoms with Crippen molar-refractivity contribution in [3.8, 4) is 0 Å². The molecule has 19 heavy (non-hydrogen) atoms. The van der Waals surface area contributed by atoms with Crippen LogP contribution in [0.2, 0.25) is 0 Å². The number of nitrogens with zero attached hydrogens (tertiary/aromatic N) is 1. The summed E-state index contributed by atoms with van der Waals surface area (Å²) < 4.78 is 61.8. The minimum absolute atomic E-state index is 0.00167. The van der Waals surface area contributed by atoms with Crippen LogP contribution in [0, 0.1) is 0 Å². The first-order chi connectivity index (χ1) is 8.63. The first kappa shape index (κ1) is 16.2. The van der Waals surface area contributed by atoms with Gasteiger partial charge in [-0.15, -0.1) is 0 Å². The molecule has 1 heterocycles. The Balaban J connectivity index is 2.66. The first-order valence-corrected chi connectivity index (χ1v) is 7.13. The number of alkyl halides is 3. The third kappa shape index (κ3) is 4.96. The van der Waals surface area contributed by atoms with Gasteiger partial charge in [0.05, 0.1) is 6.42 Å². The predicted molar refractivity (Wildman–Crippen MR) is 59.6 cm³/mol. The summed E-state index contributed by atoms with van der Waals surface area (Å²) in [5.41, 5.74) is 0. The van der Waals surface area contributed by atoms with E-state index in [9.17, 15) is 26.4 Å². The average molecular weight is 304 g/mol. The molecule has 0 saturated carbocycles. The SMILES string of the molecule is O=C(O)C1CCCCN1S(=O)(=O)NCCC(F)(F)F. The fraction of sp³-hybridized carbons (Fsp3) is 0.889. The number of hydrogen-bond acceptors (Lipinski definition) is 3. The molecule has 1 atom stereocenters. The second-order valence-corrected chi connectivity index (χ2v) is 5.93. The molecule has 1 unspecified atom stereocenters. The normalized spacial score (nSPS) is 22.4. The zero-order valence-electron chi connectivity index (χ0n) is 9.98. The number of hydrogen-bond donors (Lipinski definition) is 2. The van der Waals surface area contributed by atoms with Gasteiger partial charge in [-0.25, -0.2) is 4.72 Å². The van der Waals surface area contributed by atoms with Crippen LogP contribution < -0.4 is 4.72 Å². The molecular formula is C9H15F3N2O4S. The van der Waals surface area contributed by atoms with Crippen LogP contribution in [0.5, 0.6) is 0 Å². The van der Waals surface area contributed by atoms with E-state index in [2.05, 4.69) is 0 Å². The summed E-state index contributed by atoms with van der Waals surface area (Å²) in [6, 6.07) is -1.21. The van der Waals surface area contributed by atoms with Crippen molar-refractivity contribution in [1.29, 1.82) is 0 Å². The van der Waals surface area contributed by atoms with E-state index < -0.39 is 41.4 Å². The Bertz CT molecular complexity index is 424. The maximum absolute atomic E-state index is 11.9. The van der Waals surface area contributed by atoms with Crippen LogP contribution in [0.25, 0.3) is 0 Å². The van der Waals surface area contributed by atoms with Crippen molar-refractivity contribution in [1.82, 2.24) is 9.03 Å². The number of piperidine rings is 1. The van der Waals surface area contributed by atoms with Crippen molar-refractivity contribution >= 4 is 16.2 Å². The molecule has 0 radical (unpaired) electrons. The average Bonchev–Trinajstić information content (AvgIpc) is 2.27. The molecule has 112 valence electrons. The molecule has 0 aromatic heterocycles. The predicted octanol–water partition coefficient (Wildman–Crippen LogP) is 0.712. The molecule has 10 heteroatoms. The molecule has 0 aliphatic carbocycles. The van der Waals surface area contributed by atoms with Gasteiger partial charge < -0.3 is 5.11 Å². The number of halogens is 3. The molecule has 1 fully saturated rings. The Hall–Kier alpha value is -0.870. The Morgan fingerprint density at radius 2 is 2.00 bits per heavy atom. The van der Waals surface area contributed by atoms with Crippen LogP contribution in [0.15, 0.2) is 0 Å². The summed E-state index contributed by atoms with van der Waals surface area (Å²) in [5, 5.41) is 8.91. The lowest BCUT2D eigenvalue weighted by atomic mass is 10.1. The van der Waals surface area contributed by atoms with Gasteiger partial charge in [0, 0.05) is 13.1 Å². The molecule has 0 aromatic carbocycles.